The van der Waals surface area contributed by atoms with Crippen molar-refractivity contribution in [3.8, 4) is 5.75 Å². The van der Waals surface area contributed by atoms with E-state index in [2.05, 4.69) is 32.8 Å². The molecule has 1 heterocycles. The molecule has 0 unspecified atom stereocenters. The summed E-state index contributed by atoms with van der Waals surface area (Å²) in [6.07, 6.45) is 3.50. The lowest BCUT2D eigenvalue weighted by atomic mass is 10.2. The minimum Gasteiger partial charge on any atom is -0.488 e. The first-order valence-electron chi connectivity index (χ1n) is 8.05. The number of aryl methyl sites for hydroxylation is 1. The van der Waals surface area contributed by atoms with Gasteiger partial charge in [0.2, 0.25) is 0 Å². The smallest absolute Gasteiger partial charge is 0.264 e. The van der Waals surface area contributed by atoms with Gasteiger partial charge in [0.25, 0.3) is 5.91 Å². The molecule has 0 spiro atoms. The van der Waals surface area contributed by atoms with Crippen molar-refractivity contribution in [3.05, 3.63) is 74.6 Å². The van der Waals surface area contributed by atoms with Crippen molar-refractivity contribution >= 4 is 62.1 Å². The monoisotopic (exact) mass is 462 g/mol. The maximum absolute atomic E-state index is 12.2. The summed E-state index contributed by atoms with van der Waals surface area (Å²) in [5.74, 6) is 0.541. The average molecular weight is 464 g/mol. The van der Waals surface area contributed by atoms with Crippen LogP contribution in [0.5, 0.6) is 5.75 Å². The highest BCUT2D eigenvalue weighted by atomic mass is 79.9. The Balaban J connectivity index is 1.78. The Labute approximate surface area is 175 Å². The highest BCUT2D eigenvalue weighted by molar-refractivity contribution is 9.10. The molecule has 1 N–H and O–H groups in total. The molecule has 1 saturated heterocycles. The average Bonchev–Trinajstić information content (AvgIpc) is 2.96. The molecule has 1 fully saturated rings. The van der Waals surface area contributed by atoms with Crippen LogP contribution in [0.2, 0.25) is 5.02 Å². The lowest BCUT2D eigenvalue weighted by Gasteiger charge is -2.06. The van der Waals surface area contributed by atoms with Crippen molar-refractivity contribution in [2.24, 2.45) is 4.99 Å². The van der Waals surface area contributed by atoms with E-state index in [-0.39, 0.29) is 5.91 Å². The molecule has 0 bridgehead atoms. The summed E-state index contributed by atoms with van der Waals surface area (Å²) in [6.45, 7) is 5.99. The number of amidine groups is 1. The zero-order valence-corrected chi connectivity index (χ0v) is 17.6. The summed E-state index contributed by atoms with van der Waals surface area (Å²) >= 11 is 10.9. The SMILES string of the molecule is C=CCOc1ccc(/C=C2\SC(=Nc3ccc(C)c(Cl)c3)NC2=O)cc1Br. The molecule has 0 atom stereocenters. The Morgan fingerprint density at radius 2 is 2.15 bits per heavy atom. The summed E-state index contributed by atoms with van der Waals surface area (Å²) < 4.78 is 6.34. The number of nitrogens with zero attached hydrogens (tertiary/aromatic N) is 1. The molecular formula is C20H16BrClN2O2S. The molecule has 4 nitrogen and oxygen atoms in total. The second-order valence-corrected chi connectivity index (χ2v) is 8.00. The molecule has 138 valence electrons. The third-order valence-electron chi connectivity index (χ3n) is 3.65. The van der Waals surface area contributed by atoms with E-state index in [4.69, 9.17) is 16.3 Å². The fourth-order valence-electron chi connectivity index (χ4n) is 2.27. The number of amides is 1. The number of nitrogens with one attached hydrogen (secondary N) is 1. The first-order valence-corrected chi connectivity index (χ1v) is 10.0. The summed E-state index contributed by atoms with van der Waals surface area (Å²) in [7, 11) is 0. The van der Waals surface area contributed by atoms with E-state index >= 15 is 0 Å². The van der Waals surface area contributed by atoms with Gasteiger partial charge in [-0.1, -0.05) is 36.4 Å². The van der Waals surface area contributed by atoms with Crippen molar-refractivity contribution in [2.45, 2.75) is 6.92 Å². The summed E-state index contributed by atoms with van der Waals surface area (Å²) in [6, 6.07) is 11.2. The van der Waals surface area contributed by atoms with Gasteiger partial charge in [-0.2, -0.15) is 0 Å². The van der Waals surface area contributed by atoms with Gasteiger partial charge in [0.1, 0.15) is 12.4 Å². The van der Waals surface area contributed by atoms with Crippen molar-refractivity contribution in [2.75, 3.05) is 6.61 Å². The third-order valence-corrected chi connectivity index (χ3v) is 5.58. The van der Waals surface area contributed by atoms with Crippen LogP contribution in [-0.2, 0) is 4.79 Å². The van der Waals surface area contributed by atoms with Crippen molar-refractivity contribution in [3.63, 3.8) is 0 Å². The normalized spacial score (nSPS) is 16.6. The fourth-order valence-corrected chi connectivity index (χ4v) is 3.80. The van der Waals surface area contributed by atoms with Gasteiger partial charge in [-0.25, -0.2) is 4.99 Å². The quantitative estimate of drug-likeness (QED) is 0.446. The third kappa shape index (κ3) is 5.03. The molecule has 1 amide bonds. The van der Waals surface area contributed by atoms with Crippen LogP contribution in [0, 0.1) is 6.92 Å². The van der Waals surface area contributed by atoms with E-state index in [9.17, 15) is 4.79 Å². The van der Waals surface area contributed by atoms with E-state index in [1.54, 1.807) is 12.1 Å². The number of thioether (sulfide) groups is 1. The van der Waals surface area contributed by atoms with Gasteiger partial charge < -0.3 is 10.1 Å². The van der Waals surface area contributed by atoms with Crippen LogP contribution in [0.3, 0.4) is 0 Å². The molecule has 2 aromatic rings. The highest BCUT2D eigenvalue weighted by Gasteiger charge is 2.24. The number of aliphatic imine (C=N–C) groups is 1. The van der Waals surface area contributed by atoms with E-state index in [0.717, 1.165) is 21.3 Å². The Morgan fingerprint density at radius 1 is 1.33 bits per heavy atom. The minimum atomic E-state index is -0.180. The number of hydrogen-bond donors (Lipinski definition) is 1. The van der Waals surface area contributed by atoms with Gasteiger partial charge >= 0.3 is 0 Å². The molecule has 3 rings (SSSR count). The molecule has 0 radical (unpaired) electrons. The molecule has 0 saturated carbocycles. The minimum absolute atomic E-state index is 0.180. The lowest BCUT2D eigenvalue weighted by Crippen LogP contribution is -2.19. The van der Waals surface area contributed by atoms with Gasteiger partial charge in [-0.3, -0.25) is 4.79 Å². The van der Waals surface area contributed by atoms with Crippen LogP contribution in [0.25, 0.3) is 6.08 Å². The first-order chi connectivity index (χ1) is 13.0. The fraction of sp³-hybridized carbons (Fsp3) is 0.100. The second kappa shape index (κ2) is 8.78. The first kappa shape index (κ1) is 19.7. The molecule has 0 aliphatic carbocycles. The van der Waals surface area contributed by atoms with Crippen molar-refractivity contribution < 1.29 is 9.53 Å². The molecule has 1 aliphatic heterocycles. The molecule has 0 aromatic heterocycles. The van der Waals surface area contributed by atoms with E-state index in [1.807, 2.05) is 43.3 Å². The maximum Gasteiger partial charge on any atom is 0.264 e. The zero-order chi connectivity index (χ0) is 19.4. The Kier molecular flexibility index (Phi) is 6.42. The number of benzene rings is 2. The predicted molar refractivity (Wildman–Crippen MR) is 117 cm³/mol. The van der Waals surface area contributed by atoms with Gasteiger partial charge in [-0.15, -0.1) is 0 Å². The standard InChI is InChI=1S/C20H16BrClN2O2S/c1-3-8-26-17-7-5-13(9-15(17)21)10-18-19(25)24-20(27-18)23-14-6-4-12(2)16(22)11-14/h3-7,9-11H,1,8H2,2H3,(H,23,24,25)/b18-10-. The van der Waals surface area contributed by atoms with E-state index < -0.39 is 0 Å². The van der Waals surface area contributed by atoms with Gasteiger partial charge in [0.05, 0.1) is 15.1 Å². The molecule has 1 aliphatic rings. The van der Waals surface area contributed by atoms with E-state index in [1.165, 1.54) is 11.8 Å². The largest absolute Gasteiger partial charge is 0.488 e. The highest BCUT2D eigenvalue weighted by Crippen LogP contribution is 2.31. The number of carbonyl (C=O) groups excluding carboxylic acids is 1. The number of carbonyl (C=O) groups is 1. The Hall–Kier alpha value is -2.02. The summed E-state index contributed by atoms with van der Waals surface area (Å²) in [4.78, 5) is 17.3. The van der Waals surface area contributed by atoms with Crippen LogP contribution in [-0.4, -0.2) is 17.7 Å². The Morgan fingerprint density at radius 3 is 2.85 bits per heavy atom. The lowest BCUT2D eigenvalue weighted by molar-refractivity contribution is -0.115. The van der Waals surface area contributed by atoms with Gasteiger partial charge in [0, 0.05) is 5.02 Å². The number of ether oxygens (including phenoxy) is 1. The molecule has 27 heavy (non-hydrogen) atoms. The topological polar surface area (TPSA) is 50.7 Å². The van der Waals surface area contributed by atoms with Crippen LogP contribution in [0.1, 0.15) is 11.1 Å². The molecular weight excluding hydrogens is 448 g/mol. The number of hydrogen-bond acceptors (Lipinski definition) is 4. The summed E-state index contributed by atoms with van der Waals surface area (Å²) in [5.41, 5.74) is 2.56. The van der Waals surface area contributed by atoms with Crippen LogP contribution in [0.4, 0.5) is 5.69 Å². The summed E-state index contributed by atoms with van der Waals surface area (Å²) in [5, 5.41) is 3.94. The second-order valence-electron chi connectivity index (χ2n) is 5.70. The maximum atomic E-state index is 12.2. The van der Waals surface area contributed by atoms with Crippen LogP contribution < -0.4 is 10.1 Å². The Bertz CT molecular complexity index is 972. The van der Waals surface area contributed by atoms with Crippen LogP contribution in [0.15, 0.2) is 63.4 Å². The molecule has 7 heteroatoms. The van der Waals surface area contributed by atoms with Gasteiger partial charge in [0.15, 0.2) is 5.17 Å². The van der Waals surface area contributed by atoms with Crippen molar-refractivity contribution in [1.82, 2.24) is 5.32 Å². The number of rotatable bonds is 5. The van der Waals surface area contributed by atoms with Gasteiger partial charge in [-0.05, 0) is 76.1 Å². The van der Waals surface area contributed by atoms with Crippen molar-refractivity contribution in [1.29, 1.82) is 0 Å². The zero-order valence-electron chi connectivity index (χ0n) is 14.5. The molecule has 2 aromatic carbocycles. The van der Waals surface area contributed by atoms with Crippen LogP contribution >= 0.6 is 39.3 Å². The number of halogens is 2. The van der Waals surface area contributed by atoms with E-state index in [0.29, 0.717) is 27.4 Å². The predicted octanol–water partition coefficient (Wildman–Crippen LogP) is 5.87.